The molecule has 0 N–H and O–H groups in total. The van der Waals surface area contributed by atoms with E-state index in [1.165, 1.54) is 6.26 Å². The fraction of sp³-hybridized carbons (Fsp3) is 0.286. The van der Waals surface area contributed by atoms with E-state index in [1.807, 2.05) is 6.07 Å². The molecular weight excluding hydrogens is 114 g/mol. The molecular formula is C7H11NO. The van der Waals surface area contributed by atoms with Crippen molar-refractivity contribution in [2.24, 2.45) is 0 Å². The van der Waals surface area contributed by atoms with Gasteiger partial charge in [0.15, 0.2) is 0 Å². The predicted octanol–water partition coefficient (Wildman–Crippen LogP) is 1.86. The van der Waals surface area contributed by atoms with Crippen LogP contribution in [0.5, 0.6) is 0 Å². The maximum atomic E-state index is 7.79. The van der Waals surface area contributed by atoms with Crippen molar-refractivity contribution >= 4 is 0 Å². The third kappa shape index (κ3) is 49.2. The molecule has 2 nitrogen and oxygen atoms in total. The molecule has 0 spiro atoms. The lowest BCUT2D eigenvalue weighted by atomic mass is 10.4. The molecule has 0 aromatic rings. The highest BCUT2D eigenvalue weighted by Gasteiger charge is 1.64. The Morgan fingerprint density at radius 2 is 2.00 bits per heavy atom. The van der Waals surface area contributed by atoms with Gasteiger partial charge >= 0.3 is 0 Å². The highest BCUT2D eigenvalue weighted by Crippen LogP contribution is 1.74. The zero-order chi connectivity index (χ0) is 7.70. The molecule has 0 radical (unpaired) electrons. The van der Waals surface area contributed by atoms with Crippen LogP contribution in [-0.2, 0) is 4.74 Å². The second kappa shape index (κ2) is 9.91. The Morgan fingerprint density at radius 1 is 1.78 bits per heavy atom. The fourth-order valence-corrected chi connectivity index (χ4v) is 0. The number of hydrogen-bond acceptors (Lipinski definition) is 2. The minimum absolute atomic E-state index is 0.560. The molecule has 0 amide bonds. The summed E-state index contributed by atoms with van der Waals surface area (Å²) in [6.45, 7) is 8.24. The number of nitriles is 1. The maximum absolute atomic E-state index is 7.79. The summed E-state index contributed by atoms with van der Waals surface area (Å²) < 4.78 is 4.31. The molecule has 0 atom stereocenters. The van der Waals surface area contributed by atoms with E-state index in [0.717, 1.165) is 0 Å². The Hall–Kier alpha value is -1.23. The highest BCUT2D eigenvalue weighted by atomic mass is 16.5. The summed E-state index contributed by atoms with van der Waals surface area (Å²) in [4.78, 5) is 0. The Labute approximate surface area is 56.1 Å². The van der Waals surface area contributed by atoms with Crippen molar-refractivity contribution in [3.8, 4) is 6.07 Å². The quantitative estimate of drug-likeness (QED) is 0.396. The van der Waals surface area contributed by atoms with Gasteiger partial charge in [0.05, 0.1) is 19.4 Å². The minimum Gasteiger partial charge on any atom is -0.505 e. The van der Waals surface area contributed by atoms with Crippen LogP contribution in [0.15, 0.2) is 25.0 Å². The van der Waals surface area contributed by atoms with E-state index in [-0.39, 0.29) is 0 Å². The Bertz CT molecular complexity index is 121. The van der Waals surface area contributed by atoms with Gasteiger partial charge in [-0.1, -0.05) is 13.2 Å². The first-order valence-electron chi connectivity index (χ1n) is 2.38. The Balaban J connectivity index is 0. The van der Waals surface area contributed by atoms with Gasteiger partial charge in [-0.2, -0.15) is 5.26 Å². The minimum atomic E-state index is 0.560. The van der Waals surface area contributed by atoms with Crippen molar-refractivity contribution in [1.82, 2.24) is 0 Å². The molecule has 9 heavy (non-hydrogen) atoms. The fourth-order valence-electron chi connectivity index (χ4n) is 0. The van der Waals surface area contributed by atoms with E-state index in [9.17, 15) is 0 Å². The summed E-state index contributed by atoms with van der Waals surface area (Å²) in [5.41, 5.74) is 0.560. The van der Waals surface area contributed by atoms with Crippen molar-refractivity contribution in [3.05, 3.63) is 25.0 Å². The normalized spacial score (nSPS) is 5.44. The molecule has 50 valence electrons. The zero-order valence-electron chi connectivity index (χ0n) is 5.85. The van der Waals surface area contributed by atoms with Gasteiger partial charge in [-0.15, -0.1) is 0 Å². The zero-order valence-corrected chi connectivity index (χ0v) is 5.85. The summed E-state index contributed by atoms with van der Waals surface area (Å²) in [5, 5.41) is 7.79. The van der Waals surface area contributed by atoms with Crippen molar-refractivity contribution in [3.63, 3.8) is 0 Å². The van der Waals surface area contributed by atoms with Gasteiger partial charge in [-0.3, -0.25) is 0 Å². The van der Waals surface area contributed by atoms with Gasteiger partial charge < -0.3 is 4.74 Å². The number of ether oxygens (including phenoxy) is 1. The summed E-state index contributed by atoms with van der Waals surface area (Å²) >= 11 is 0. The molecule has 0 unspecified atom stereocenters. The smallest absolute Gasteiger partial charge is 0.0937 e. The molecule has 0 saturated heterocycles. The number of allylic oxidation sites excluding steroid dienone is 1. The number of hydrogen-bond donors (Lipinski definition) is 0. The summed E-state index contributed by atoms with van der Waals surface area (Å²) in [6, 6.07) is 1.83. The number of methoxy groups -OCH3 is 1. The largest absolute Gasteiger partial charge is 0.505 e. The van der Waals surface area contributed by atoms with E-state index in [4.69, 9.17) is 5.26 Å². The first-order chi connectivity index (χ1) is 4.18. The monoisotopic (exact) mass is 125 g/mol. The maximum Gasteiger partial charge on any atom is 0.0937 e. The molecule has 0 fully saturated rings. The molecule has 0 aliphatic carbocycles. The van der Waals surface area contributed by atoms with Crippen molar-refractivity contribution in [1.29, 1.82) is 5.26 Å². The standard InChI is InChI=1S/C4H5N.C3H6O/c1-4(2)3-5;1-3-4-2/h1H2,2H3;3H,1H2,2H3. The number of nitrogens with zero attached hydrogens (tertiary/aromatic N) is 1. The lowest BCUT2D eigenvalue weighted by Crippen LogP contribution is -1.54. The Morgan fingerprint density at radius 3 is 2.00 bits per heavy atom. The highest BCUT2D eigenvalue weighted by molar-refractivity contribution is 5.11. The summed E-state index contributed by atoms with van der Waals surface area (Å²) in [6.07, 6.45) is 1.38. The van der Waals surface area contributed by atoms with E-state index in [2.05, 4.69) is 17.9 Å². The summed E-state index contributed by atoms with van der Waals surface area (Å²) in [5.74, 6) is 0. The molecule has 0 rings (SSSR count). The molecule has 0 heterocycles. The second-order valence-electron chi connectivity index (χ2n) is 1.29. The predicted molar refractivity (Wildman–Crippen MR) is 37.6 cm³/mol. The van der Waals surface area contributed by atoms with Crippen LogP contribution in [0.1, 0.15) is 6.92 Å². The van der Waals surface area contributed by atoms with E-state index in [0.29, 0.717) is 5.57 Å². The van der Waals surface area contributed by atoms with Gasteiger partial charge in [0.25, 0.3) is 0 Å². The van der Waals surface area contributed by atoms with Crippen LogP contribution in [0.3, 0.4) is 0 Å². The van der Waals surface area contributed by atoms with Crippen LogP contribution >= 0.6 is 0 Å². The second-order valence-corrected chi connectivity index (χ2v) is 1.29. The first-order valence-corrected chi connectivity index (χ1v) is 2.38. The average molecular weight is 125 g/mol. The third-order valence-electron chi connectivity index (χ3n) is 0.358. The van der Waals surface area contributed by atoms with E-state index < -0.39 is 0 Å². The van der Waals surface area contributed by atoms with Crippen molar-refractivity contribution in [2.75, 3.05) is 7.11 Å². The van der Waals surface area contributed by atoms with Crippen LogP contribution in [0.25, 0.3) is 0 Å². The molecule has 0 aliphatic rings. The van der Waals surface area contributed by atoms with Gasteiger partial charge in [0.2, 0.25) is 0 Å². The average Bonchev–Trinajstić information content (AvgIpc) is 1.89. The van der Waals surface area contributed by atoms with Crippen LogP contribution in [0, 0.1) is 11.3 Å². The first kappa shape index (κ1) is 10.7. The van der Waals surface area contributed by atoms with Crippen LogP contribution in [0.4, 0.5) is 0 Å². The van der Waals surface area contributed by atoms with E-state index in [1.54, 1.807) is 14.0 Å². The molecule has 0 aromatic carbocycles. The van der Waals surface area contributed by atoms with Crippen LogP contribution < -0.4 is 0 Å². The van der Waals surface area contributed by atoms with Gasteiger partial charge in [-0.25, -0.2) is 0 Å². The van der Waals surface area contributed by atoms with Gasteiger partial charge in [0, 0.05) is 5.57 Å². The molecule has 0 aliphatic heterocycles. The third-order valence-corrected chi connectivity index (χ3v) is 0.358. The lowest BCUT2D eigenvalue weighted by Gasteiger charge is -1.73. The summed E-state index contributed by atoms with van der Waals surface area (Å²) in [7, 11) is 1.56. The Kier molecular flexibility index (Phi) is 11.8. The van der Waals surface area contributed by atoms with E-state index >= 15 is 0 Å². The van der Waals surface area contributed by atoms with Crippen LogP contribution in [0.2, 0.25) is 0 Å². The van der Waals surface area contributed by atoms with Crippen molar-refractivity contribution in [2.45, 2.75) is 6.92 Å². The van der Waals surface area contributed by atoms with Crippen LogP contribution in [-0.4, -0.2) is 7.11 Å². The van der Waals surface area contributed by atoms with Crippen molar-refractivity contribution < 1.29 is 4.74 Å². The number of rotatable bonds is 1. The lowest BCUT2D eigenvalue weighted by molar-refractivity contribution is 0.339. The molecule has 0 aromatic heterocycles. The molecule has 2 heteroatoms. The SMILES string of the molecule is C=C(C)C#N.C=COC. The topological polar surface area (TPSA) is 33.0 Å². The van der Waals surface area contributed by atoms with Gasteiger partial charge in [0.1, 0.15) is 0 Å². The molecule has 0 saturated carbocycles. The van der Waals surface area contributed by atoms with Gasteiger partial charge in [-0.05, 0) is 6.92 Å². The molecule has 0 bridgehead atoms.